The van der Waals surface area contributed by atoms with Crippen molar-refractivity contribution < 1.29 is 9.90 Å². The molecular weight excluding hydrogens is 254 g/mol. The molecule has 1 aliphatic carbocycles. The van der Waals surface area contributed by atoms with Crippen LogP contribution in [0, 0.1) is 17.2 Å². The van der Waals surface area contributed by atoms with E-state index in [1.165, 1.54) is 6.42 Å². The van der Waals surface area contributed by atoms with Crippen LogP contribution in [-0.4, -0.2) is 28.1 Å². The van der Waals surface area contributed by atoms with Crippen molar-refractivity contribution in [1.82, 2.24) is 4.98 Å². The molecule has 2 heterocycles. The smallest absolute Gasteiger partial charge is 0.326 e. The summed E-state index contributed by atoms with van der Waals surface area (Å²) >= 11 is 0. The third-order valence-electron chi connectivity index (χ3n) is 4.57. The van der Waals surface area contributed by atoms with Crippen molar-refractivity contribution in [3.63, 3.8) is 0 Å². The van der Waals surface area contributed by atoms with Crippen molar-refractivity contribution in [2.75, 3.05) is 4.90 Å². The Hall–Kier alpha value is -2.09. The third-order valence-corrected chi connectivity index (χ3v) is 4.57. The molecule has 20 heavy (non-hydrogen) atoms. The van der Waals surface area contributed by atoms with E-state index in [0.29, 0.717) is 23.6 Å². The molecular formula is C15H17N3O2. The molecule has 5 heteroatoms. The number of pyridine rings is 1. The number of fused-ring (bicyclic) bond motifs is 1. The van der Waals surface area contributed by atoms with Crippen LogP contribution in [0.4, 0.5) is 5.69 Å². The summed E-state index contributed by atoms with van der Waals surface area (Å²) in [6.45, 7) is 0. The Morgan fingerprint density at radius 1 is 1.45 bits per heavy atom. The summed E-state index contributed by atoms with van der Waals surface area (Å²) in [4.78, 5) is 17.6. The number of hydrogen-bond acceptors (Lipinski definition) is 4. The van der Waals surface area contributed by atoms with Gasteiger partial charge < -0.3 is 10.0 Å². The minimum absolute atomic E-state index is 0.237. The molecule has 0 spiro atoms. The van der Waals surface area contributed by atoms with Gasteiger partial charge in [0.25, 0.3) is 0 Å². The van der Waals surface area contributed by atoms with E-state index in [1.807, 2.05) is 4.90 Å². The maximum Gasteiger partial charge on any atom is 0.326 e. The van der Waals surface area contributed by atoms with Crippen LogP contribution in [0.2, 0.25) is 0 Å². The number of nitrogens with zero attached hydrogens (tertiary/aromatic N) is 3. The van der Waals surface area contributed by atoms with E-state index >= 15 is 0 Å². The number of carboxylic acid groups (broad SMARTS) is 1. The summed E-state index contributed by atoms with van der Waals surface area (Å²) in [5, 5.41) is 18.8. The van der Waals surface area contributed by atoms with E-state index in [1.54, 1.807) is 18.5 Å². The summed E-state index contributed by atoms with van der Waals surface area (Å²) in [7, 11) is 0. The Bertz CT molecular complexity index is 566. The molecule has 3 unspecified atom stereocenters. The molecule has 1 aromatic rings. The zero-order chi connectivity index (χ0) is 14.1. The number of carboxylic acids is 1. The lowest BCUT2D eigenvalue weighted by Gasteiger charge is -2.34. The number of anilines is 1. The molecule has 104 valence electrons. The average molecular weight is 271 g/mol. The minimum Gasteiger partial charge on any atom is -0.480 e. The zero-order valence-corrected chi connectivity index (χ0v) is 11.2. The minimum atomic E-state index is -0.799. The Labute approximate surface area is 117 Å². The van der Waals surface area contributed by atoms with Gasteiger partial charge in [-0.25, -0.2) is 4.79 Å². The second kappa shape index (κ2) is 5.12. The van der Waals surface area contributed by atoms with Gasteiger partial charge in [-0.2, -0.15) is 5.26 Å². The van der Waals surface area contributed by atoms with Crippen molar-refractivity contribution in [2.45, 2.75) is 44.2 Å². The lowest BCUT2D eigenvalue weighted by molar-refractivity contribution is -0.138. The first-order valence-electron chi connectivity index (χ1n) is 7.07. The fourth-order valence-corrected chi connectivity index (χ4v) is 3.71. The molecule has 2 aliphatic rings. The summed E-state index contributed by atoms with van der Waals surface area (Å²) in [5.41, 5.74) is 1.19. The highest BCUT2D eigenvalue weighted by Crippen LogP contribution is 2.42. The summed E-state index contributed by atoms with van der Waals surface area (Å²) in [6, 6.07) is 3.52. The monoisotopic (exact) mass is 271 g/mol. The van der Waals surface area contributed by atoms with Gasteiger partial charge in [0.15, 0.2) is 0 Å². The van der Waals surface area contributed by atoms with E-state index in [0.717, 1.165) is 19.3 Å². The molecule has 1 N–H and O–H groups in total. The third kappa shape index (κ3) is 2.01. The summed E-state index contributed by atoms with van der Waals surface area (Å²) in [6.07, 6.45) is 8.30. The molecule has 1 aromatic heterocycles. The Morgan fingerprint density at radius 3 is 3.00 bits per heavy atom. The van der Waals surface area contributed by atoms with Crippen LogP contribution in [0.3, 0.4) is 0 Å². The highest BCUT2D eigenvalue weighted by molar-refractivity contribution is 5.80. The van der Waals surface area contributed by atoms with E-state index in [2.05, 4.69) is 11.1 Å². The van der Waals surface area contributed by atoms with Gasteiger partial charge in [-0.3, -0.25) is 4.98 Å². The van der Waals surface area contributed by atoms with Gasteiger partial charge in [0.2, 0.25) is 0 Å². The standard InChI is InChI=1S/C15H17N3O2/c16-8-11-5-6-17-9-14(11)18-12-4-2-1-3-10(12)7-13(18)15(19)20/h5-6,9-10,12-13H,1-4,7H2,(H,19,20). The van der Waals surface area contributed by atoms with Crippen molar-refractivity contribution in [3.8, 4) is 6.07 Å². The predicted octanol–water partition coefficient (Wildman–Crippen LogP) is 2.18. The Morgan fingerprint density at radius 2 is 2.25 bits per heavy atom. The summed E-state index contributed by atoms with van der Waals surface area (Å²) in [5.74, 6) is -0.372. The number of nitriles is 1. The van der Waals surface area contributed by atoms with Crippen molar-refractivity contribution in [3.05, 3.63) is 24.0 Å². The van der Waals surface area contributed by atoms with Gasteiger partial charge in [-0.15, -0.1) is 0 Å². The van der Waals surface area contributed by atoms with Gasteiger partial charge >= 0.3 is 5.97 Å². The molecule has 1 aliphatic heterocycles. The fraction of sp³-hybridized carbons (Fsp3) is 0.533. The molecule has 3 atom stereocenters. The van der Waals surface area contributed by atoms with E-state index < -0.39 is 12.0 Å². The predicted molar refractivity (Wildman–Crippen MR) is 73.2 cm³/mol. The van der Waals surface area contributed by atoms with Gasteiger partial charge in [0.05, 0.1) is 17.4 Å². The van der Waals surface area contributed by atoms with Crippen molar-refractivity contribution >= 4 is 11.7 Å². The van der Waals surface area contributed by atoms with Gasteiger partial charge in [-0.05, 0) is 31.2 Å². The SMILES string of the molecule is N#Cc1ccncc1N1C(C(=O)O)CC2CCCCC21. The highest BCUT2D eigenvalue weighted by atomic mass is 16.4. The van der Waals surface area contributed by atoms with Crippen molar-refractivity contribution in [2.24, 2.45) is 5.92 Å². The van der Waals surface area contributed by atoms with Gasteiger partial charge in [0, 0.05) is 12.2 Å². The molecule has 0 aromatic carbocycles. The van der Waals surface area contributed by atoms with Gasteiger partial charge in [-0.1, -0.05) is 12.8 Å². The normalized spacial score (nSPS) is 28.8. The largest absolute Gasteiger partial charge is 0.480 e. The zero-order valence-electron chi connectivity index (χ0n) is 11.2. The van der Waals surface area contributed by atoms with Crippen LogP contribution < -0.4 is 4.90 Å². The maximum absolute atomic E-state index is 11.6. The molecule has 0 bridgehead atoms. The lowest BCUT2D eigenvalue weighted by atomic mass is 9.84. The summed E-state index contributed by atoms with van der Waals surface area (Å²) < 4.78 is 0. The number of rotatable bonds is 2. The number of aliphatic carboxylic acids is 1. The molecule has 0 radical (unpaired) electrons. The van der Waals surface area contributed by atoms with Crippen LogP contribution in [-0.2, 0) is 4.79 Å². The van der Waals surface area contributed by atoms with Crippen LogP contribution in [0.15, 0.2) is 18.5 Å². The van der Waals surface area contributed by atoms with Crippen LogP contribution >= 0.6 is 0 Å². The first kappa shape index (κ1) is 12.9. The second-order valence-electron chi connectivity index (χ2n) is 5.61. The van der Waals surface area contributed by atoms with Crippen LogP contribution in [0.1, 0.15) is 37.7 Å². The molecule has 0 amide bonds. The average Bonchev–Trinajstić information content (AvgIpc) is 2.86. The Balaban J connectivity index is 2.03. The Kier molecular flexibility index (Phi) is 3.31. The number of carbonyl (C=O) groups is 1. The molecule has 1 saturated heterocycles. The van der Waals surface area contributed by atoms with Crippen LogP contribution in [0.5, 0.6) is 0 Å². The first-order chi connectivity index (χ1) is 9.72. The number of hydrogen-bond donors (Lipinski definition) is 1. The highest BCUT2D eigenvalue weighted by Gasteiger charge is 2.45. The fourth-order valence-electron chi connectivity index (χ4n) is 3.71. The topological polar surface area (TPSA) is 77.2 Å². The first-order valence-corrected chi connectivity index (χ1v) is 7.07. The lowest BCUT2D eigenvalue weighted by Crippen LogP contribution is -2.42. The van der Waals surface area contributed by atoms with Gasteiger partial charge in [0.1, 0.15) is 12.1 Å². The maximum atomic E-state index is 11.6. The molecule has 5 nitrogen and oxygen atoms in total. The van der Waals surface area contributed by atoms with Crippen molar-refractivity contribution in [1.29, 1.82) is 5.26 Å². The second-order valence-corrected chi connectivity index (χ2v) is 5.61. The molecule has 1 saturated carbocycles. The quantitative estimate of drug-likeness (QED) is 0.892. The van der Waals surface area contributed by atoms with E-state index in [4.69, 9.17) is 0 Å². The number of aromatic nitrogens is 1. The van der Waals surface area contributed by atoms with Crippen LogP contribution in [0.25, 0.3) is 0 Å². The molecule has 3 rings (SSSR count). The van der Waals surface area contributed by atoms with E-state index in [-0.39, 0.29) is 6.04 Å². The molecule has 2 fully saturated rings. The van der Waals surface area contributed by atoms with E-state index in [9.17, 15) is 15.2 Å².